The number of halogens is 3. The highest BCUT2D eigenvalue weighted by Gasteiger charge is 2.48. The predicted octanol–water partition coefficient (Wildman–Crippen LogP) is 8.15. The molecule has 0 spiro atoms. The zero-order valence-electron chi connectivity index (χ0n) is 54.9. The molecule has 0 saturated carbocycles. The van der Waals surface area contributed by atoms with Gasteiger partial charge in [-0.3, -0.25) is 38.4 Å². The van der Waals surface area contributed by atoms with Crippen LogP contribution in [0, 0.1) is 35.5 Å². The Balaban J connectivity index is 1.73. The summed E-state index contributed by atoms with van der Waals surface area (Å²) in [7, 11) is 5.57. The Kier molecular flexibility index (Phi) is 25.3. The minimum atomic E-state index is -4.58. The van der Waals surface area contributed by atoms with Gasteiger partial charge in [-0.2, -0.15) is 13.2 Å². The van der Waals surface area contributed by atoms with Crippen molar-refractivity contribution >= 4 is 53.1 Å². The number of nitrogens with one attached hydrogen (secondary N) is 2. The van der Waals surface area contributed by atoms with Gasteiger partial charge in [-0.25, -0.2) is 4.79 Å². The van der Waals surface area contributed by atoms with Crippen LogP contribution in [-0.2, 0) is 66.9 Å². The molecule has 490 valence electrons. The smallest absolute Gasteiger partial charge is 0.416 e. The lowest BCUT2D eigenvalue weighted by Gasteiger charge is -2.39. The summed E-state index contributed by atoms with van der Waals surface area (Å²) in [5.41, 5.74) is -0.750. The van der Waals surface area contributed by atoms with Gasteiger partial charge >= 0.3 is 12.1 Å². The number of cyclic esters (lactones) is 1. The molecule has 3 aromatic carbocycles. The van der Waals surface area contributed by atoms with E-state index in [1.54, 1.807) is 103 Å². The second kappa shape index (κ2) is 31.0. The minimum absolute atomic E-state index is 0.0718. The molecule has 2 heterocycles. The molecule has 0 aromatic heterocycles. The van der Waals surface area contributed by atoms with Crippen LogP contribution in [-0.4, -0.2) is 171 Å². The third kappa shape index (κ3) is 18.1. The average Bonchev–Trinajstić information content (AvgIpc) is 3.49. The largest absolute Gasteiger partial charge is 0.450 e. The fourth-order valence-corrected chi connectivity index (χ4v) is 12.5. The van der Waals surface area contributed by atoms with Gasteiger partial charge in [0.05, 0.1) is 17.2 Å². The van der Waals surface area contributed by atoms with Gasteiger partial charge in [0.2, 0.25) is 35.4 Å². The number of likely N-dealkylation sites (N-methyl/N-ethyl adjacent to an activating group) is 4. The Labute approximate surface area is 524 Å². The standard InChI is InChI=1S/C68H96F3N7O11/c1-17-42(9)54-64(85)75(14)55(40(5)6)53(79)38-48(34-39(3)4)61(82)77(16)58(67(11,12)88)66(87)89-57(43(10)18-2)65(86)76(15)56(41(7)8)60(81)72-50(36-44-24-20-19-21-25-44)62(83)74(13)52(63(84)78-33-23-28-51(78)59(80)73-54)37-45-26-22-27-47(35-45)46-29-31-49(32-30-46)68(69,70)71/h19-22,24-27,29-32,35,39-43,48,50-52,54-58,88H,17-18,23,28,33-34,36-38H2,1-16H3,(H,72,81)(H,73,80)/t42-,43-,48+,50-,51-,52-,54-,55-,56-,57+,58+/m0/s1. The maximum absolute atomic E-state index is 15.7. The van der Waals surface area contributed by atoms with Crippen LogP contribution < -0.4 is 10.6 Å². The van der Waals surface area contributed by atoms with Crippen LogP contribution in [0.15, 0.2) is 78.9 Å². The van der Waals surface area contributed by atoms with E-state index >= 15 is 24.0 Å². The number of hydrogen-bond acceptors (Lipinski definition) is 11. The summed E-state index contributed by atoms with van der Waals surface area (Å²) in [4.78, 5) is 142. The molecule has 11 atom stereocenters. The number of fused-ring (bicyclic) bond motifs is 1. The lowest BCUT2D eigenvalue weighted by atomic mass is 9.85. The van der Waals surface area contributed by atoms with Crippen LogP contribution >= 0.6 is 0 Å². The fraction of sp³-hybridized carbons (Fsp3) is 0.603. The normalized spacial score (nSPS) is 25.1. The third-order valence-electron chi connectivity index (χ3n) is 17.7. The number of ketones is 1. The Morgan fingerprint density at radius 3 is 1.75 bits per heavy atom. The summed E-state index contributed by atoms with van der Waals surface area (Å²) < 4.78 is 47.1. The van der Waals surface area contributed by atoms with E-state index in [1.807, 2.05) is 20.8 Å². The topological polar surface area (TPSA) is 223 Å². The Morgan fingerprint density at radius 1 is 0.618 bits per heavy atom. The highest BCUT2D eigenvalue weighted by atomic mass is 19.4. The molecular formula is C68H96F3N7O11. The van der Waals surface area contributed by atoms with Gasteiger partial charge in [-0.1, -0.05) is 142 Å². The van der Waals surface area contributed by atoms with Gasteiger partial charge in [-0.05, 0) is 97.6 Å². The zero-order chi connectivity index (χ0) is 66.7. The van der Waals surface area contributed by atoms with Crippen molar-refractivity contribution in [3.8, 4) is 11.1 Å². The fourth-order valence-electron chi connectivity index (χ4n) is 12.5. The van der Waals surface area contributed by atoms with Gasteiger partial charge in [0, 0.05) is 65.8 Å². The molecule has 2 aliphatic rings. The number of rotatable bonds is 14. The minimum Gasteiger partial charge on any atom is -0.450 e. The lowest BCUT2D eigenvalue weighted by Crippen LogP contribution is -2.61. The van der Waals surface area contributed by atoms with Crippen LogP contribution in [0.1, 0.15) is 138 Å². The van der Waals surface area contributed by atoms with Gasteiger partial charge in [-0.15, -0.1) is 0 Å². The number of carbonyl (C=O) groups is 9. The number of esters is 1. The Bertz CT molecular complexity index is 2970. The molecule has 3 aromatic rings. The number of aliphatic hydroxyl groups is 1. The predicted molar refractivity (Wildman–Crippen MR) is 333 cm³/mol. The second-order valence-corrected chi connectivity index (χ2v) is 26.3. The van der Waals surface area contributed by atoms with Crippen LogP contribution in [0.2, 0.25) is 0 Å². The van der Waals surface area contributed by atoms with Crippen LogP contribution in [0.25, 0.3) is 11.1 Å². The van der Waals surface area contributed by atoms with E-state index in [9.17, 15) is 37.5 Å². The van der Waals surface area contributed by atoms with E-state index in [1.165, 1.54) is 68.9 Å². The summed E-state index contributed by atoms with van der Waals surface area (Å²) in [5.74, 6) is -10.0. The summed E-state index contributed by atoms with van der Waals surface area (Å²) in [6, 6.07) is 10.9. The molecule has 3 N–H and O–H groups in total. The molecule has 0 unspecified atom stereocenters. The summed E-state index contributed by atoms with van der Waals surface area (Å²) in [6.45, 7) is 20.4. The van der Waals surface area contributed by atoms with Crippen LogP contribution in [0.3, 0.4) is 0 Å². The first-order chi connectivity index (χ1) is 41.5. The van der Waals surface area contributed by atoms with E-state index in [-0.39, 0.29) is 44.6 Å². The number of amides is 7. The number of alkyl halides is 3. The highest BCUT2D eigenvalue weighted by Crippen LogP contribution is 2.33. The number of Topliss-reactive ketones (excluding diaryl/α,β-unsaturated/α-hetero) is 1. The molecule has 2 fully saturated rings. The average molecular weight is 1240 g/mol. The van der Waals surface area contributed by atoms with Gasteiger partial charge in [0.25, 0.3) is 5.91 Å². The number of ether oxygens (including phenoxy) is 1. The van der Waals surface area contributed by atoms with Gasteiger partial charge < -0.3 is 45.0 Å². The maximum Gasteiger partial charge on any atom is 0.416 e. The van der Waals surface area contributed by atoms with E-state index < -0.39 is 148 Å². The quantitative estimate of drug-likeness (QED) is 0.131. The molecule has 5 rings (SSSR count). The van der Waals surface area contributed by atoms with Gasteiger partial charge in [0.15, 0.2) is 17.9 Å². The zero-order valence-corrected chi connectivity index (χ0v) is 54.9. The molecule has 0 bridgehead atoms. The van der Waals surface area contributed by atoms with Crippen LogP contribution in [0.4, 0.5) is 13.2 Å². The molecule has 2 aliphatic heterocycles. The van der Waals surface area contributed by atoms with E-state index in [0.717, 1.165) is 21.9 Å². The molecule has 7 amide bonds. The molecular weight excluding hydrogens is 1150 g/mol. The van der Waals surface area contributed by atoms with E-state index in [0.29, 0.717) is 41.5 Å². The highest BCUT2D eigenvalue weighted by molar-refractivity contribution is 5.99. The lowest BCUT2D eigenvalue weighted by molar-refractivity contribution is -0.178. The van der Waals surface area contributed by atoms with Crippen molar-refractivity contribution < 1.29 is 66.2 Å². The van der Waals surface area contributed by atoms with Crippen molar-refractivity contribution in [2.45, 2.75) is 195 Å². The SMILES string of the molecule is CC[C@H](C)[C@@H]1NC(=O)[C@@H]2CCCN2C(=O)[C@H](Cc2cccc(-c3ccc(C(F)(F)F)cc3)c2)N(C)C(=O)[C@H](Cc2ccccc2)NC(=O)[C@H](C(C)C)N(C)C(=O)[C@@H]([C@@H](C)CC)OC(=O)[C@H](C(C)(C)O)N(C)C(=O)[C@H](CC(C)C)CC(=O)[C@H](C(C)C)N(C)C1=O. The van der Waals surface area contributed by atoms with Gasteiger partial charge in [0.1, 0.15) is 30.2 Å². The first kappa shape index (κ1) is 72.6. The first-order valence-corrected chi connectivity index (χ1v) is 31.3. The van der Waals surface area contributed by atoms with E-state index in [2.05, 4.69) is 10.6 Å². The van der Waals surface area contributed by atoms with Crippen molar-refractivity contribution in [2.24, 2.45) is 35.5 Å². The van der Waals surface area contributed by atoms with Crippen molar-refractivity contribution in [2.75, 3.05) is 34.7 Å². The molecule has 21 heteroatoms. The monoisotopic (exact) mass is 1240 g/mol. The number of nitrogens with zero attached hydrogens (tertiary/aromatic N) is 5. The molecule has 0 aliphatic carbocycles. The van der Waals surface area contributed by atoms with Crippen molar-refractivity contribution in [3.63, 3.8) is 0 Å². The van der Waals surface area contributed by atoms with E-state index in [4.69, 9.17) is 4.74 Å². The third-order valence-corrected chi connectivity index (χ3v) is 17.7. The number of carbonyl (C=O) groups excluding carboxylic acids is 9. The Hall–Kier alpha value is -7.16. The summed E-state index contributed by atoms with van der Waals surface area (Å²) in [6.07, 6.45) is -5.40. The molecule has 0 radical (unpaired) electrons. The molecule has 89 heavy (non-hydrogen) atoms. The summed E-state index contributed by atoms with van der Waals surface area (Å²) in [5, 5.41) is 17.6. The second-order valence-electron chi connectivity index (χ2n) is 26.3. The van der Waals surface area contributed by atoms with Crippen molar-refractivity contribution in [3.05, 3.63) is 95.6 Å². The first-order valence-electron chi connectivity index (χ1n) is 31.3. The maximum atomic E-state index is 15.7. The van der Waals surface area contributed by atoms with Crippen LogP contribution in [0.5, 0.6) is 0 Å². The number of hydrogen-bond donors (Lipinski definition) is 3. The number of benzene rings is 3. The van der Waals surface area contributed by atoms with Crippen molar-refractivity contribution in [1.29, 1.82) is 0 Å². The molecule has 18 nitrogen and oxygen atoms in total. The Morgan fingerprint density at radius 2 is 1.20 bits per heavy atom. The summed E-state index contributed by atoms with van der Waals surface area (Å²) >= 11 is 0. The molecule has 2 saturated heterocycles. The van der Waals surface area contributed by atoms with Crippen molar-refractivity contribution in [1.82, 2.24) is 35.1 Å².